The molecule has 7 nitrogen and oxygen atoms in total. The zero-order valence-corrected chi connectivity index (χ0v) is 12.2. The summed E-state index contributed by atoms with van der Waals surface area (Å²) in [5.74, 6) is 1.39. The molecular formula is C15H15N5O2. The molecule has 112 valence electrons. The number of hydrogen-bond acceptors (Lipinski definition) is 5. The van der Waals surface area contributed by atoms with Gasteiger partial charge in [-0.2, -0.15) is 0 Å². The summed E-state index contributed by atoms with van der Waals surface area (Å²) in [5, 5.41) is 13.8. The van der Waals surface area contributed by atoms with E-state index in [0.29, 0.717) is 5.56 Å². The molecule has 0 radical (unpaired) electrons. The van der Waals surface area contributed by atoms with E-state index >= 15 is 0 Å². The molecular weight excluding hydrogens is 282 g/mol. The van der Waals surface area contributed by atoms with Crippen LogP contribution in [0.2, 0.25) is 0 Å². The van der Waals surface area contributed by atoms with E-state index in [4.69, 9.17) is 4.42 Å². The molecule has 1 amide bonds. The van der Waals surface area contributed by atoms with Gasteiger partial charge in [0.15, 0.2) is 0 Å². The maximum absolute atomic E-state index is 12.2. The number of tetrazole rings is 1. The van der Waals surface area contributed by atoms with E-state index in [-0.39, 0.29) is 11.9 Å². The molecule has 1 aromatic carbocycles. The summed E-state index contributed by atoms with van der Waals surface area (Å²) < 4.78 is 7.03. The van der Waals surface area contributed by atoms with Gasteiger partial charge in [0.05, 0.1) is 11.7 Å². The molecule has 22 heavy (non-hydrogen) atoms. The number of rotatable bonds is 4. The number of benzene rings is 1. The first-order chi connectivity index (χ1) is 10.6. The molecule has 0 aliphatic heterocycles. The van der Waals surface area contributed by atoms with Crippen LogP contribution in [0.5, 0.6) is 0 Å². The first-order valence-corrected chi connectivity index (χ1v) is 6.84. The molecule has 0 unspecified atom stereocenters. The van der Waals surface area contributed by atoms with Crippen LogP contribution in [0.15, 0.2) is 47.1 Å². The molecule has 0 spiro atoms. The van der Waals surface area contributed by atoms with Crippen LogP contribution in [-0.2, 0) is 0 Å². The lowest BCUT2D eigenvalue weighted by molar-refractivity contribution is 0.0935. The second-order valence-electron chi connectivity index (χ2n) is 4.94. The van der Waals surface area contributed by atoms with Crippen LogP contribution < -0.4 is 5.32 Å². The second-order valence-corrected chi connectivity index (χ2v) is 4.94. The smallest absolute Gasteiger partial charge is 0.251 e. The van der Waals surface area contributed by atoms with E-state index in [9.17, 15) is 4.79 Å². The van der Waals surface area contributed by atoms with Crippen LogP contribution in [0.25, 0.3) is 5.69 Å². The zero-order valence-electron chi connectivity index (χ0n) is 12.2. The van der Waals surface area contributed by atoms with Gasteiger partial charge in [0, 0.05) is 5.56 Å². The van der Waals surface area contributed by atoms with Crippen molar-refractivity contribution >= 4 is 5.91 Å². The van der Waals surface area contributed by atoms with Crippen molar-refractivity contribution in [2.24, 2.45) is 0 Å². The van der Waals surface area contributed by atoms with Crippen molar-refractivity contribution in [2.75, 3.05) is 0 Å². The Labute approximate surface area is 126 Å². The van der Waals surface area contributed by atoms with Crippen LogP contribution in [0, 0.1) is 6.92 Å². The van der Waals surface area contributed by atoms with Gasteiger partial charge >= 0.3 is 0 Å². The quantitative estimate of drug-likeness (QED) is 0.796. The minimum absolute atomic E-state index is 0.162. The molecule has 1 atom stereocenters. The van der Waals surface area contributed by atoms with E-state index in [0.717, 1.165) is 17.2 Å². The standard InChI is InChI=1S/C15H15N5O2/c1-10-3-8-14(22-10)11(2)17-15(21)12-4-6-13(7-5-12)20-9-16-18-19-20/h3-9,11H,1-2H3,(H,17,21)/t11-/m1/s1. The summed E-state index contributed by atoms with van der Waals surface area (Å²) in [4.78, 5) is 12.2. The van der Waals surface area contributed by atoms with Gasteiger partial charge in [-0.25, -0.2) is 4.68 Å². The number of aromatic nitrogens is 4. The molecule has 0 bridgehead atoms. The van der Waals surface area contributed by atoms with Crippen LogP contribution in [0.1, 0.15) is 34.8 Å². The van der Waals surface area contributed by atoms with Crippen molar-refractivity contribution in [2.45, 2.75) is 19.9 Å². The number of furan rings is 1. The van der Waals surface area contributed by atoms with Crippen LogP contribution in [0.3, 0.4) is 0 Å². The predicted molar refractivity (Wildman–Crippen MR) is 78.5 cm³/mol. The predicted octanol–water partition coefficient (Wildman–Crippen LogP) is 2.05. The number of hydrogen-bond donors (Lipinski definition) is 1. The van der Waals surface area contributed by atoms with Crippen molar-refractivity contribution in [1.82, 2.24) is 25.5 Å². The highest BCUT2D eigenvalue weighted by atomic mass is 16.3. The second kappa shape index (κ2) is 5.80. The minimum atomic E-state index is -0.194. The third kappa shape index (κ3) is 2.88. The van der Waals surface area contributed by atoms with Crippen molar-refractivity contribution in [3.8, 4) is 5.69 Å². The molecule has 1 N–H and O–H groups in total. The number of aryl methyl sites for hydroxylation is 1. The van der Waals surface area contributed by atoms with Crippen LogP contribution in [0.4, 0.5) is 0 Å². The lowest BCUT2D eigenvalue weighted by atomic mass is 10.1. The molecule has 2 aromatic heterocycles. The van der Waals surface area contributed by atoms with Crippen molar-refractivity contribution in [1.29, 1.82) is 0 Å². The Morgan fingerprint density at radius 2 is 2.00 bits per heavy atom. The number of carbonyl (C=O) groups is 1. The zero-order chi connectivity index (χ0) is 15.5. The summed E-state index contributed by atoms with van der Waals surface area (Å²) >= 11 is 0. The van der Waals surface area contributed by atoms with Crippen LogP contribution in [-0.4, -0.2) is 26.1 Å². The summed E-state index contributed by atoms with van der Waals surface area (Å²) in [6, 6.07) is 10.6. The Morgan fingerprint density at radius 3 is 2.59 bits per heavy atom. The number of amides is 1. The fourth-order valence-corrected chi connectivity index (χ4v) is 2.08. The molecule has 0 saturated heterocycles. The van der Waals surface area contributed by atoms with Gasteiger partial charge in [0.2, 0.25) is 0 Å². The van der Waals surface area contributed by atoms with E-state index in [1.165, 1.54) is 11.0 Å². The molecule has 0 saturated carbocycles. The SMILES string of the molecule is Cc1ccc([C@@H](C)NC(=O)c2ccc(-n3cnnn3)cc2)o1. The molecule has 0 fully saturated rings. The van der Waals surface area contributed by atoms with Gasteiger partial charge < -0.3 is 9.73 Å². The average molecular weight is 297 g/mol. The van der Waals surface area contributed by atoms with Gasteiger partial charge in [-0.15, -0.1) is 5.10 Å². The highest BCUT2D eigenvalue weighted by Gasteiger charge is 2.14. The van der Waals surface area contributed by atoms with E-state index in [1.54, 1.807) is 24.3 Å². The Morgan fingerprint density at radius 1 is 1.23 bits per heavy atom. The molecule has 0 aliphatic carbocycles. The van der Waals surface area contributed by atoms with Gasteiger partial charge in [-0.1, -0.05) is 0 Å². The van der Waals surface area contributed by atoms with E-state index in [1.807, 2.05) is 26.0 Å². The van der Waals surface area contributed by atoms with Crippen molar-refractivity contribution in [3.63, 3.8) is 0 Å². The first kappa shape index (κ1) is 14.0. The maximum atomic E-state index is 12.2. The highest BCUT2D eigenvalue weighted by Crippen LogP contribution is 2.16. The molecule has 7 heteroatoms. The fourth-order valence-electron chi connectivity index (χ4n) is 2.08. The Bertz CT molecular complexity index is 762. The molecule has 3 aromatic rings. The fraction of sp³-hybridized carbons (Fsp3) is 0.200. The first-order valence-electron chi connectivity index (χ1n) is 6.84. The van der Waals surface area contributed by atoms with Crippen molar-refractivity contribution < 1.29 is 9.21 Å². The molecule has 3 rings (SSSR count). The lowest BCUT2D eigenvalue weighted by Gasteiger charge is -2.11. The molecule has 0 aliphatic rings. The summed E-state index contributed by atoms with van der Waals surface area (Å²) in [6.45, 7) is 3.75. The van der Waals surface area contributed by atoms with E-state index < -0.39 is 0 Å². The van der Waals surface area contributed by atoms with Crippen LogP contribution >= 0.6 is 0 Å². The van der Waals surface area contributed by atoms with E-state index in [2.05, 4.69) is 20.8 Å². The normalized spacial score (nSPS) is 12.1. The Kier molecular flexibility index (Phi) is 3.69. The lowest BCUT2D eigenvalue weighted by Crippen LogP contribution is -2.26. The third-order valence-corrected chi connectivity index (χ3v) is 3.28. The largest absolute Gasteiger partial charge is 0.464 e. The third-order valence-electron chi connectivity index (χ3n) is 3.28. The van der Waals surface area contributed by atoms with Gasteiger partial charge in [-0.05, 0) is 60.7 Å². The highest BCUT2D eigenvalue weighted by molar-refractivity contribution is 5.94. The van der Waals surface area contributed by atoms with Gasteiger partial charge in [0.25, 0.3) is 5.91 Å². The minimum Gasteiger partial charge on any atom is -0.464 e. The summed E-state index contributed by atoms with van der Waals surface area (Å²) in [5.41, 5.74) is 1.35. The Hall–Kier alpha value is -2.96. The van der Waals surface area contributed by atoms with Crippen molar-refractivity contribution in [3.05, 3.63) is 59.8 Å². The Balaban J connectivity index is 1.70. The number of nitrogens with zero attached hydrogens (tertiary/aromatic N) is 4. The monoisotopic (exact) mass is 297 g/mol. The average Bonchev–Trinajstić information content (AvgIpc) is 3.18. The maximum Gasteiger partial charge on any atom is 0.251 e. The van der Waals surface area contributed by atoms with Gasteiger partial charge in [0.1, 0.15) is 17.8 Å². The van der Waals surface area contributed by atoms with Gasteiger partial charge in [-0.3, -0.25) is 4.79 Å². The number of carbonyl (C=O) groups excluding carboxylic acids is 1. The summed E-state index contributed by atoms with van der Waals surface area (Å²) in [7, 11) is 0. The summed E-state index contributed by atoms with van der Waals surface area (Å²) in [6.07, 6.45) is 1.50. The number of nitrogens with one attached hydrogen (secondary N) is 1. The topological polar surface area (TPSA) is 85.8 Å². The molecule has 2 heterocycles.